The van der Waals surface area contributed by atoms with Gasteiger partial charge in [-0.1, -0.05) is 38.3 Å². The Bertz CT molecular complexity index is 434. The average molecular weight is 295 g/mol. The van der Waals surface area contributed by atoms with Crippen molar-refractivity contribution in [3.63, 3.8) is 0 Å². The van der Waals surface area contributed by atoms with Gasteiger partial charge in [-0.2, -0.15) is 0 Å². The van der Waals surface area contributed by atoms with Crippen molar-refractivity contribution in [1.82, 2.24) is 5.32 Å². The van der Waals surface area contributed by atoms with Crippen molar-refractivity contribution in [3.8, 4) is 11.5 Å². The van der Waals surface area contributed by atoms with Crippen LogP contribution in [0.25, 0.3) is 0 Å². The number of rotatable bonds is 11. The van der Waals surface area contributed by atoms with Crippen LogP contribution in [0.2, 0.25) is 0 Å². The van der Waals surface area contributed by atoms with Crippen molar-refractivity contribution in [2.24, 2.45) is 0 Å². The number of para-hydroxylation sites is 1. The van der Waals surface area contributed by atoms with E-state index in [-0.39, 0.29) is 6.61 Å². The minimum Gasteiger partial charge on any atom is -0.493 e. The number of nitrogens with one attached hydrogen (secondary N) is 1. The maximum Gasteiger partial charge on any atom is 0.341 e. The molecule has 0 aliphatic heterocycles. The molecule has 0 atom stereocenters. The van der Waals surface area contributed by atoms with E-state index in [0.29, 0.717) is 18.0 Å². The van der Waals surface area contributed by atoms with E-state index in [0.717, 1.165) is 18.5 Å². The van der Waals surface area contributed by atoms with E-state index in [1.807, 2.05) is 12.1 Å². The minimum atomic E-state index is -1.00. The zero-order chi connectivity index (χ0) is 15.5. The molecule has 118 valence electrons. The summed E-state index contributed by atoms with van der Waals surface area (Å²) in [6.45, 7) is 3.40. The molecular weight excluding hydrogens is 270 g/mol. The first-order valence-corrected chi connectivity index (χ1v) is 7.40. The lowest BCUT2D eigenvalue weighted by atomic mass is 10.1. The van der Waals surface area contributed by atoms with Crippen molar-refractivity contribution < 1.29 is 19.4 Å². The van der Waals surface area contributed by atoms with Gasteiger partial charge in [-0.3, -0.25) is 0 Å². The molecule has 5 heteroatoms. The lowest BCUT2D eigenvalue weighted by Gasteiger charge is -2.14. The van der Waals surface area contributed by atoms with Gasteiger partial charge in [0.05, 0.1) is 7.11 Å². The molecule has 0 aromatic heterocycles. The fourth-order valence-corrected chi connectivity index (χ4v) is 2.06. The second kappa shape index (κ2) is 10.0. The van der Waals surface area contributed by atoms with Gasteiger partial charge in [-0.15, -0.1) is 0 Å². The molecule has 1 aromatic rings. The molecule has 0 radical (unpaired) electrons. The molecule has 0 unspecified atom stereocenters. The number of hydrogen-bond acceptors (Lipinski definition) is 4. The topological polar surface area (TPSA) is 67.8 Å². The van der Waals surface area contributed by atoms with E-state index >= 15 is 0 Å². The molecule has 0 spiro atoms. The number of carbonyl (C=O) groups is 1. The van der Waals surface area contributed by atoms with Crippen LogP contribution in [0.5, 0.6) is 11.5 Å². The standard InChI is InChI=1S/C16H25NO4/c1-3-4-5-6-10-17-11-13-8-7-9-14(20-2)16(13)21-12-15(18)19/h7-9,17H,3-6,10-12H2,1-2H3,(H,18,19). The van der Waals surface area contributed by atoms with E-state index in [1.165, 1.54) is 19.3 Å². The third kappa shape index (κ3) is 6.49. The molecule has 0 saturated carbocycles. The first-order valence-electron chi connectivity index (χ1n) is 7.40. The molecule has 0 aliphatic rings. The molecule has 0 fully saturated rings. The number of carboxylic acid groups (broad SMARTS) is 1. The molecule has 0 bridgehead atoms. The molecule has 5 nitrogen and oxygen atoms in total. The van der Waals surface area contributed by atoms with Gasteiger partial charge in [0.1, 0.15) is 0 Å². The van der Waals surface area contributed by atoms with E-state index in [9.17, 15) is 4.79 Å². The molecule has 0 aliphatic carbocycles. The van der Waals surface area contributed by atoms with Crippen LogP contribution in [0.4, 0.5) is 0 Å². The third-order valence-corrected chi connectivity index (χ3v) is 3.14. The van der Waals surface area contributed by atoms with Crippen LogP contribution in [0.3, 0.4) is 0 Å². The van der Waals surface area contributed by atoms with Crippen LogP contribution >= 0.6 is 0 Å². The third-order valence-electron chi connectivity index (χ3n) is 3.14. The van der Waals surface area contributed by atoms with Gasteiger partial charge in [0.15, 0.2) is 18.1 Å². The fraction of sp³-hybridized carbons (Fsp3) is 0.562. The smallest absolute Gasteiger partial charge is 0.341 e. The number of unbranched alkanes of at least 4 members (excludes halogenated alkanes) is 3. The molecule has 0 saturated heterocycles. The summed E-state index contributed by atoms with van der Waals surface area (Å²) >= 11 is 0. The normalized spacial score (nSPS) is 10.4. The van der Waals surface area contributed by atoms with Crippen LogP contribution in [-0.2, 0) is 11.3 Å². The first kappa shape index (κ1) is 17.3. The van der Waals surface area contributed by atoms with Gasteiger partial charge < -0.3 is 19.9 Å². The lowest BCUT2D eigenvalue weighted by molar-refractivity contribution is -0.139. The van der Waals surface area contributed by atoms with E-state index in [2.05, 4.69) is 12.2 Å². The van der Waals surface area contributed by atoms with Crippen molar-refractivity contribution >= 4 is 5.97 Å². The summed E-state index contributed by atoms with van der Waals surface area (Å²) < 4.78 is 10.6. The number of ether oxygens (including phenoxy) is 2. The second-order valence-electron chi connectivity index (χ2n) is 4.87. The molecule has 0 amide bonds. The van der Waals surface area contributed by atoms with Crippen molar-refractivity contribution in [3.05, 3.63) is 23.8 Å². The van der Waals surface area contributed by atoms with Crippen molar-refractivity contribution in [2.45, 2.75) is 39.2 Å². The van der Waals surface area contributed by atoms with Crippen LogP contribution in [-0.4, -0.2) is 31.3 Å². The predicted molar refractivity (Wildman–Crippen MR) is 82.0 cm³/mol. The number of carboxylic acids is 1. The Kier molecular flexibility index (Phi) is 8.28. The molecule has 0 heterocycles. The monoisotopic (exact) mass is 295 g/mol. The summed E-state index contributed by atoms with van der Waals surface area (Å²) in [4.78, 5) is 10.7. The highest BCUT2D eigenvalue weighted by Gasteiger charge is 2.11. The van der Waals surface area contributed by atoms with Gasteiger partial charge in [0, 0.05) is 12.1 Å². The molecular formula is C16H25NO4. The van der Waals surface area contributed by atoms with Gasteiger partial charge in [-0.25, -0.2) is 4.79 Å². The van der Waals surface area contributed by atoms with Crippen LogP contribution in [0, 0.1) is 0 Å². The number of methoxy groups -OCH3 is 1. The Labute approximate surface area is 126 Å². The predicted octanol–water partition coefficient (Wildman–Crippen LogP) is 2.83. The quantitative estimate of drug-likeness (QED) is 0.614. The lowest BCUT2D eigenvalue weighted by Crippen LogP contribution is -2.17. The summed E-state index contributed by atoms with van der Waals surface area (Å²) in [5.41, 5.74) is 0.908. The van der Waals surface area contributed by atoms with Gasteiger partial charge in [-0.05, 0) is 19.0 Å². The highest BCUT2D eigenvalue weighted by molar-refractivity contribution is 5.68. The average Bonchev–Trinajstić information content (AvgIpc) is 2.48. The molecule has 1 aromatic carbocycles. The van der Waals surface area contributed by atoms with Gasteiger partial charge in [0.25, 0.3) is 0 Å². The largest absolute Gasteiger partial charge is 0.493 e. The van der Waals surface area contributed by atoms with Crippen LogP contribution in [0.1, 0.15) is 38.2 Å². The Morgan fingerprint density at radius 3 is 2.76 bits per heavy atom. The second-order valence-corrected chi connectivity index (χ2v) is 4.87. The SMILES string of the molecule is CCCCCCNCc1cccc(OC)c1OCC(=O)O. The highest BCUT2D eigenvalue weighted by atomic mass is 16.5. The summed E-state index contributed by atoms with van der Waals surface area (Å²) in [5.74, 6) is 0.0596. The number of hydrogen-bond donors (Lipinski definition) is 2. The summed E-state index contributed by atoms with van der Waals surface area (Å²) in [6, 6.07) is 5.56. The fourth-order valence-electron chi connectivity index (χ4n) is 2.06. The Morgan fingerprint density at radius 2 is 2.10 bits per heavy atom. The summed E-state index contributed by atoms with van der Waals surface area (Å²) in [5, 5.41) is 12.1. The first-order chi connectivity index (χ1) is 10.2. The van der Waals surface area contributed by atoms with Crippen molar-refractivity contribution in [2.75, 3.05) is 20.3 Å². The zero-order valence-electron chi connectivity index (χ0n) is 12.9. The van der Waals surface area contributed by atoms with Gasteiger partial charge in [0.2, 0.25) is 0 Å². The zero-order valence-corrected chi connectivity index (χ0v) is 12.9. The molecule has 2 N–H and O–H groups in total. The molecule has 1 rings (SSSR count). The summed E-state index contributed by atoms with van der Waals surface area (Å²) in [7, 11) is 1.55. The number of aliphatic carboxylic acids is 1. The van der Waals surface area contributed by atoms with E-state index < -0.39 is 5.97 Å². The van der Waals surface area contributed by atoms with Crippen LogP contribution in [0.15, 0.2) is 18.2 Å². The Balaban J connectivity index is 2.56. The molecule has 21 heavy (non-hydrogen) atoms. The summed E-state index contributed by atoms with van der Waals surface area (Å²) in [6.07, 6.45) is 4.85. The van der Waals surface area contributed by atoms with Crippen molar-refractivity contribution in [1.29, 1.82) is 0 Å². The Hall–Kier alpha value is -1.75. The number of benzene rings is 1. The van der Waals surface area contributed by atoms with E-state index in [1.54, 1.807) is 13.2 Å². The maximum absolute atomic E-state index is 10.7. The van der Waals surface area contributed by atoms with Gasteiger partial charge >= 0.3 is 5.97 Å². The maximum atomic E-state index is 10.7. The minimum absolute atomic E-state index is 0.371. The highest BCUT2D eigenvalue weighted by Crippen LogP contribution is 2.31. The van der Waals surface area contributed by atoms with E-state index in [4.69, 9.17) is 14.6 Å². The van der Waals surface area contributed by atoms with Crippen LogP contribution < -0.4 is 14.8 Å². The Morgan fingerprint density at radius 1 is 1.29 bits per heavy atom.